The highest BCUT2D eigenvalue weighted by Crippen LogP contribution is 2.07. The second-order valence-electron chi connectivity index (χ2n) is 3.71. The van der Waals surface area contributed by atoms with Crippen molar-refractivity contribution in [3.63, 3.8) is 0 Å². The molecule has 0 aliphatic rings. The normalized spacial score (nSPS) is 11.9. The SMILES string of the molecule is COCCOC(O)OC(=O)c1ccc(C(C)=O)cc1. The minimum atomic E-state index is -1.64. The quantitative estimate of drug-likeness (QED) is 0.343. The number of aliphatic hydroxyl groups excluding tert-OH is 1. The third kappa shape index (κ3) is 5.17. The van der Waals surface area contributed by atoms with E-state index < -0.39 is 12.4 Å². The number of rotatable bonds is 7. The summed E-state index contributed by atoms with van der Waals surface area (Å²) in [6.07, 6.45) is 0. The molecule has 0 aromatic heterocycles. The molecule has 0 aliphatic heterocycles. The Kier molecular flexibility index (Phi) is 6.14. The van der Waals surface area contributed by atoms with Gasteiger partial charge in [0.25, 0.3) is 0 Å². The summed E-state index contributed by atoms with van der Waals surface area (Å²) in [5, 5.41) is 9.28. The van der Waals surface area contributed by atoms with E-state index in [1.165, 1.54) is 38.3 Å². The van der Waals surface area contributed by atoms with Crippen LogP contribution in [0.1, 0.15) is 27.6 Å². The van der Waals surface area contributed by atoms with Crippen LogP contribution in [0, 0.1) is 0 Å². The molecule has 104 valence electrons. The minimum Gasteiger partial charge on any atom is -0.407 e. The molecule has 0 saturated carbocycles. The number of hydrogen-bond acceptors (Lipinski definition) is 6. The van der Waals surface area contributed by atoms with Crippen LogP contribution in [0.4, 0.5) is 0 Å². The van der Waals surface area contributed by atoms with Crippen LogP contribution >= 0.6 is 0 Å². The lowest BCUT2D eigenvalue weighted by molar-refractivity contribution is -0.236. The summed E-state index contributed by atoms with van der Waals surface area (Å²) in [4.78, 5) is 22.7. The van der Waals surface area contributed by atoms with Crippen molar-refractivity contribution in [1.29, 1.82) is 0 Å². The molecule has 0 radical (unpaired) electrons. The van der Waals surface area contributed by atoms with Gasteiger partial charge in [-0.1, -0.05) is 12.1 Å². The zero-order valence-electron chi connectivity index (χ0n) is 10.8. The van der Waals surface area contributed by atoms with Gasteiger partial charge in [-0.15, -0.1) is 0 Å². The van der Waals surface area contributed by atoms with Gasteiger partial charge in [-0.05, 0) is 19.1 Å². The average Bonchev–Trinajstić information content (AvgIpc) is 2.39. The van der Waals surface area contributed by atoms with Crippen LogP contribution < -0.4 is 0 Å². The number of ketones is 1. The lowest BCUT2D eigenvalue weighted by Gasteiger charge is -2.12. The number of Topliss-reactive ketones (excluding diaryl/α,β-unsaturated/α-hetero) is 1. The molecule has 1 unspecified atom stereocenters. The molecule has 0 saturated heterocycles. The molecule has 19 heavy (non-hydrogen) atoms. The van der Waals surface area contributed by atoms with Gasteiger partial charge >= 0.3 is 12.4 Å². The standard InChI is InChI=1S/C13H16O6/c1-9(14)10-3-5-11(6-4-10)12(15)19-13(16)18-8-7-17-2/h3-6,13,16H,7-8H2,1-2H3. The van der Waals surface area contributed by atoms with E-state index in [1.54, 1.807) is 0 Å². The summed E-state index contributed by atoms with van der Waals surface area (Å²) in [5.41, 5.74) is 0.716. The summed E-state index contributed by atoms with van der Waals surface area (Å²) < 4.78 is 14.1. The van der Waals surface area contributed by atoms with E-state index in [0.717, 1.165) is 0 Å². The van der Waals surface area contributed by atoms with Crippen LogP contribution in [0.5, 0.6) is 0 Å². The van der Waals surface area contributed by atoms with Crippen LogP contribution in [-0.2, 0) is 14.2 Å². The molecule has 0 fully saturated rings. The summed E-state index contributed by atoms with van der Waals surface area (Å²) in [5.74, 6) is -0.831. The van der Waals surface area contributed by atoms with Crippen molar-refractivity contribution in [1.82, 2.24) is 0 Å². The smallest absolute Gasteiger partial charge is 0.342 e. The van der Waals surface area contributed by atoms with Crippen LogP contribution in [0.3, 0.4) is 0 Å². The summed E-state index contributed by atoms with van der Waals surface area (Å²) in [6.45, 7) is 0.173. The Balaban J connectivity index is 2.51. The van der Waals surface area contributed by atoms with Gasteiger partial charge in [0.2, 0.25) is 0 Å². The van der Waals surface area contributed by atoms with Crippen LogP contribution in [0.2, 0.25) is 0 Å². The van der Waals surface area contributed by atoms with Crippen LogP contribution in [0.25, 0.3) is 0 Å². The zero-order chi connectivity index (χ0) is 14.3. The average molecular weight is 268 g/mol. The summed E-state index contributed by atoms with van der Waals surface area (Å²) in [6, 6.07) is 5.91. The van der Waals surface area contributed by atoms with E-state index in [0.29, 0.717) is 5.56 Å². The van der Waals surface area contributed by atoms with Gasteiger partial charge in [0.15, 0.2) is 5.78 Å². The van der Waals surface area contributed by atoms with E-state index >= 15 is 0 Å². The molecule has 1 N–H and O–H groups in total. The summed E-state index contributed by atoms with van der Waals surface area (Å²) in [7, 11) is 1.48. The Labute approximate surface area is 110 Å². The number of hydrogen-bond donors (Lipinski definition) is 1. The largest absolute Gasteiger partial charge is 0.407 e. The molecule has 1 rings (SSSR count). The van der Waals surface area contributed by atoms with E-state index in [1.807, 2.05) is 0 Å². The molecule has 1 aromatic carbocycles. The molecule has 6 nitrogen and oxygen atoms in total. The monoisotopic (exact) mass is 268 g/mol. The highest BCUT2D eigenvalue weighted by atomic mass is 16.8. The number of carbonyl (C=O) groups excluding carboxylic acids is 2. The third-order valence-corrected chi connectivity index (χ3v) is 2.28. The number of ether oxygens (including phenoxy) is 3. The van der Waals surface area contributed by atoms with E-state index in [9.17, 15) is 14.7 Å². The van der Waals surface area contributed by atoms with E-state index in [4.69, 9.17) is 9.47 Å². The number of aliphatic hydroxyl groups is 1. The van der Waals surface area contributed by atoms with Crippen LogP contribution in [-0.4, -0.2) is 43.7 Å². The van der Waals surface area contributed by atoms with Crippen molar-refractivity contribution in [3.8, 4) is 0 Å². The lowest BCUT2D eigenvalue weighted by atomic mass is 10.1. The van der Waals surface area contributed by atoms with Crippen molar-refractivity contribution in [2.45, 2.75) is 13.4 Å². The molecule has 0 amide bonds. The maximum absolute atomic E-state index is 11.6. The molecule has 0 heterocycles. The van der Waals surface area contributed by atoms with Crippen molar-refractivity contribution >= 4 is 11.8 Å². The molecule has 1 atom stereocenters. The first-order valence-electron chi connectivity index (χ1n) is 5.65. The van der Waals surface area contributed by atoms with Gasteiger partial charge in [-0.25, -0.2) is 4.79 Å². The van der Waals surface area contributed by atoms with Crippen molar-refractivity contribution in [3.05, 3.63) is 35.4 Å². The third-order valence-electron chi connectivity index (χ3n) is 2.28. The number of methoxy groups -OCH3 is 1. The Hall–Kier alpha value is -1.76. The van der Waals surface area contributed by atoms with Gasteiger partial charge in [0.1, 0.15) is 0 Å². The van der Waals surface area contributed by atoms with Crippen molar-refractivity contribution < 1.29 is 28.9 Å². The molecule has 0 spiro atoms. The number of esters is 1. The number of carbonyl (C=O) groups is 2. The first kappa shape index (κ1) is 15.3. The maximum Gasteiger partial charge on any atom is 0.342 e. The first-order chi connectivity index (χ1) is 9.04. The molecule has 6 heteroatoms. The second kappa shape index (κ2) is 7.63. The van der Waals surface area contributed by atoms with Gasteiger partial charge in [0, 0.05) is 12.7 Å². The highest BCUT2D eigenvalue weighted by molar-refractivity contribution is 5.96. The fourth-order valence-electron chi connectivity index (χ4n) is 1.27. The molecular weight excluding hydrogens is 252 g/mol. The Morgan fingerprint density at radius 1 is 1.16 bits per heavy atom. The zero-order valence-corrected chi connectivity index (χ0v) is 10.8. The van der Waals surface area contributed by atoms with Crippen molar-refractivity contribution in [2.75, 3.05) is 20.3 Å². The maximum atomic E-state index is 11.6. The Bertz CT molecular complexity index is 425. The van der Waals surface area contributed by atoms with Gasteiger partial charge in [-0.3, -0.25) is 4.79 Å². The minimum absolute atomic E-state index is 0.0946. The summed E-state index contributed by atoms with van der Waals surface area (Å²) >= 11 is 0. The lowest BCUT2D eigenvalue weighted by Crippen LogP contribution is -2.22. The molecular formula is C13H16O6. The first-order valence-corrected chi connectivity index (χ1v) is 5.65. The predicted octanol–water partition coefficient (Wildman–Crippen LogP) is 0.985. The van der Waals surface area contributed by atoms with E-state index in [-0.39, 0.29) is 24.6 Å². The fraction of sp³-hybridized carbons (Fsp3) is 0.385. The van der Waals surface area contributed by atoms with Crippen LogP contribution in [0.15, 0.2) is 24.3 Å². The fourth-order valence-corrected chi connectivity index (χ4v) is 1.27. The van der Waals surface area contributed by atoms with Crippen molar-refractivity contribution in [2.24, 2.45) is 0 Å². The molecule has 1 aromatic rings. The predicted molar refractivity (Wildman–Crippen MR) is 65.7 cm³/mol. The van der Waals surface area contributed by atoms with Gasteiger partial charge < -0.3 is 19.3 Å². The van der Waals surface area contributed by atoms with E-state index in [2.05, 4.69) is 4.74 Å². The highest BCUT2D eigenvalue weighted by Gasteiger charge is 2.13. The van der Waals surface area contributed by atoms with Gasteiger partial charge in [-0.2, -0.15) is 0 Å². The Morgan fingerprint density at radius 3 is 2.26 bits per heavy atom. The second-order valence-corrected chi connectivity index (χ2v) is 3.71. The molecule has 0 bridgehead atoms. The number of benzene rings is 1. The van der Waals surface area contributed by atoms with Gasteiger partial charge in [0.05, 0.1) is 18.8 Å². The molecule has 0 aliphatic carbocycles. The topological polar surface area (TPSA) is 82.1 Å². The Morgan fingerprint density at radius 2 is 1.74 bits per heavy atom.